The van der Waals surface area contributed by atoms with E-state index >= 15 is 0 Å². The highest BCUT2D eigenvalue weighted by Crippen LogP contribution is 2.29. The van der Waals surface area contributed by atoms with Crippen molar-refractivity contribution >= 4 is 22.6 Å². The summed E-state index contributed by atoms with van der Waals surface area (Å²) in [5.41, 5.74) is 0.460. The minimum absolute atomic E-state index is 0.330. The number of likely N-dealkylation sites (N-methyl/N-ethyl adjacent to an activating group) is 1. The highest BCUT2D eigenvalue weighted by molar-refractivity contribution is 6.09. The predicted octanol–water partition coefficient (Wildman–Crippen LogP) is 2.39. The molecule has 0 aliphatic rings. The van der Waals surface area contributed by atoms with Crippen LogP contribution in [0.4, 0.5) is 0 Å². The maximum atomic E-state index is 12.5. The van der Waals surface area contributed by atoms with Crippen LogP contribution in [0.2, 0.25) is 0 Å². The molecule has 0 heterocycles. The van der Waals surface area contributed by atoms with E-state index in [1.807, 2.05) is 24.3 Å². The van der Waals surface area contributed by atoms with Crippen LogP contribution >= 0.6 is 0 Å². The molecule has 0 aromatic heterocycles. The van der Waals surface area contributed by atoms with Crippen molar-refractivity contribution in [2.24, 2.45) is 0 Å². The summed E-state index contributed by atoms with van der Waals surface area (Å²) in [4.78, 5) is 24.8. The van der Waals surface area contributed by atoms with Gasteiger partial charge in [0.05, 0.1) is 7.11 Å². The fraction of sp³-hybridized carbons (Fsp3) is 0.250. The van der Waals surface area contributed by atoms with Gasteiger partial charge in [0.25, 0.3) is 5.91 Å². The SMILES string of the molecule is COc1ccc(C(=O)N(C)C(C)C(=O)O)c2ccccc12. The maximum Gasteiger partial charge on any atom is 0.326 e. The first kappa shape index (κ1) is 14.8. The summed E-state index contributed by atoms with van der Waals surface area (Å²) >= 11 is 0. The predicted molar refractivity (Wildman–Crippen MR) is 79.7 cm³/mol. The molecule has 2 aromatic rings. The average molecular weight is 287 g/mol. The van der Waals surface area contributed by atoms with Gasteiger partial charge in [-0.25, -0.2) is 4.79 Å². The molecule has 2 rings (SSSR count). The molecule has 0 saturated heterocycles. The molecule has 1 unspecified atom stereocenters. The Balaban J connectivity index is 2.52. The van der Waals surface area contributed by atoms with Crippen molar-refractivity contribution in [3.05, 3.63) is 42.0 Å². The van der Waals surface area contributed by atoms with Crippen molar-refractivity contribution in [2.45, 2.75) is 13.0 Å². The quantitative estimate of drug-likeness (QED) is 0.937. The number of fused-ring (bicyclic) bond motifs is 1. The van der Waals surface area contributed by atoms with Crippen molar-refractivity contribution in [3.8, 4) is 5.75 Å². The number of carbonyl (C=O) groups excluding carboxylic acids is 1. The molecular formula is C16H17NO4. The molecule has 21 heavy (non-hydrogen) atoms. The third-order valence-electron chi connectivity index (χ3n) is 3.59. The van der Waals surface area contributed by atoms with Crippen LogP contribution in [0, 0.1) is 0 Å². The van der Waals surface area contributed by atoms with Gasteiger partial charge in [-0.1, -0.05) is 24.3 Å². The van der Waals surface area contributed by atoms with Crippen LogP contribution in [-0.4, -0.2) is 42.1 Å². The second kappa shape index (κ2) is 5.83. The van der Waals surface area contributed by atoms with Gasteiger partial charge in [0.15, 0.2) is 0 Å². The van der Waals surface area contributed by atoms with Crippen molar-refractivity contribution < 1.29 is 19.4 Å². The van der Waals surface area contributed by atoms with Crippen molar-refractivity contribution in [1.29, 1.82) is 0 Å². The summed E-state index contributed by atoms with van der Waals surface area (Å²) < 4.78 is 5.29. The highest BCUT2D eigenvalue weighted by atomic mass is 16.5. The molecule has 0 fully saturated rings. The Morgan fingerprint density at radius 3 is 2.33 bits per heavy atom. The van der Waals surface area contributed by atoms with E-state index in [2.05, 4.69) is 0 Å². The Labute approximate surface area is 122 Å². The van der Waals surface area contributed by atoms with Gasteiger partial charge in [-0.3, -0.25) is 4.79 Å². The van der Waals surface area contributed by atoms with Crippen molar-refractivity contribution in [1.82, 2.24) is 4.90 Å². The summed E-state index contributed by atoms with van der Waals surface area (Å²) in [6.45, 7) is 1.48. The number of hydrogen-bond acceptors (Lipinski definition) is 3. The van der Waals surface area contributed by atoms with Gasteiger partial charge in [-0.05, 0) is 24.4 Å². The number of methoxy groups -OCH3 is 1. The lowest BCUT2D eigenvalue weighted by molar-refractivity contribution is -0.141. The molecule has 0 saturated carbocycles. The van der Waals surface area contributed by atoms with Gasteiger partial charge < -0.3 is 14.7 Å². The minimum atomic E-state index is -1.04. The molecule has 5 nitrogen and oxygen atoms in total. The summed E-state index contributed by atoms with van der Waals surface area (Å²) in [5.74, 6) is -0.691. The van der Waals surface area contributed by atoms with E-state index in [0.29, 0.717) is 11.3 Å². The summed E-state index contributed by atoms with van der Waals surface area (Å²) in [6, 6.07) is 9.87. The summed E-state index contributed by atoms with van der Waals surface area (Å²) in [5, 5.41) is 10.6. The molecule has 1 N–H and O–H groups in total. The van der Waals surface area contributed by atoms with Crippen molar-refractivity contribution in [3.63, 3.8) is 0 Å². The minimum Gasteiger partial charge on any atom is -0.496 e. The first-order chi connectivity index (χ1) is 9.97. The van der Waals surface area contributed by atoms with Gasteiger partial charge >= 0.3 is 5.97 Å². The lowest BCUT2D eigenvalue weighted by atomic mass is 10.0. The van der Waals surface area contributed by atoms with Crippen LogP contribution in [0.1, 0.15) is 17.3 Å². The van der Waals surface area contributed by atoms with E-state index in [0.717, 1.165) is 10.8 Å². The number of benzene rings is 2. The zero-order chi connectivity index (χ0) is 15.6. The zero-order valence-electron chi connectivity index (χ0n) is 12.2. The van der Waals surface area contributed by atoms with Gasteiger partial charge in [0.1, 0.15) is 11.8 Å². The molecule has 1 amide bonds. The summed E-state index contributed by atoms with van der Waals surface area (Å²) in [7, 11) is 3.06. The van der Waals surface area contributed by atoms with Crippen LogP contribution in [0.5, 0.6) is 5.75 Å². The first-order valence-electron chi connectivity index (χ1n) is 6.53. The lowest BCUT2D eigenvalue weighted by Gasteiger charge is -2.22. The third-order valence-corrected chi connectivity index (χ3v) is 3.59. The van der Waals surface area contributed by atoms with Crippen LogP contribution in [0.15, 0.2) is 36.4 Å². The number of ether oxygens (including phenoxy) is 1. The fourth-order valence-corrected chi connectivity index (χ4v) is 2.17. The molecule has 110 valence electrons. The molecule has 0 radical (unpaired) electrons. The maximum absolute atomic E-state index is 12.5. The standard InChI is InChI=1S/C16H17NO4/c1-10(16(19)20)17(2)15(18)13-8-9-14(21-3)12-7-5-4-6-11(12)13/h4-10H,1-3H3,(H,19,20). The van der Waals surface area contributed by atoms with E-state index in [-0.39, 0.29) is 5.91 Å². The summed E-state index contributed by atoms with van der Waals surface area (Å²) in [6.07, 6.45) is 0. The number of hydrogen-bond donors (Lipinski definition) is 1. The van der Waals surface area contributed by atoms with Crippen LogP contribution in [0.25, 0.3) is 10.8 Å². The topological polar surface area (TPSA) is 66.8 Å². The Morgan fingerprint density at radius 1 is 1.14 bits per heavy atom. The van der Waals surface area contributed by atoms with Crippen LogP contribution < -0.4 is 4.74 Å². The van der Waals surface area contributed by atoms with Gasteiger partial charge in [0.2, 0.25) is 0 Å². The lowest BCUT2D eigenvalue weighted by Crippen LogP contribution is -2.40. The monoisotopic (exact) mass is 287 g/mol. The second-order valence-corrected chi connectivity index (χ2v) is 4.79. The smallest absolute Gasteiger partial charge is 0.326 e. The number of rotatable bonds is 4. The van der Waals surface area contributed by atoms with E-state index in [1.54, 1.807) is 19.2 Å². The average Bonchev–Trinajstić information content (AvgIpc) is 2.51. The van der Waals surface area contributed by atoms with E-state index in [9.17, 15) is 9.59 Å². The molecular weight excluding hydrogens is 270 g/mol. The highest BCUT2D eigenvalue weighted by Gasteiger charge is 2.24. The number of nitrogens with zero attached hydrogens (tertiary/aromatic N) is 1. The Hall–Kier alpha value is -2.56. The molecule has 1 atom stereocenters. The van der Waals surface area contributed by atoms with E-state index < -0.39 is 12.0 Å². The van der Waals surface area contributed by atoms with E-state index in [4.69, 9.17) is 9.84 Å². The normalized spacial score (nSPS) is 12.0. The number of carboxylic acids is 1. The Bertz CT molecular complexity index is 696. The molecule has 5 heteroatoms. The molecule has 2 aromatic carbocycles. The third kappa shape index (κ3) is 2.67. The Kier molecular flexibility index (Phi) is 4.12. The zero-order valence-corrected chi connectivity index (χ0v) is 12.2. The molecule has 0 bridgehead atoms. The Morgan fingerprint density at radius 2 is 1.76 bits per heavy atom. The molecule has 0 aliphatic carbocycles. The van der Waals surface area contributed by atoms with Gasteiger partial charge in [-0.2, -0.15) is 0 Å². The number of carboxylic acid groups (broad SMARTS) is 1. The number of carbonyl (C=O) groups is 2. The second-order valence-electron chi connectivity index (χ2n) is 4.79. The van der Waals surface area contributed by atoms with Crippen LogP contribution in [-0.2, 0) is 4.79 Å². The van der Waals surface area contributed by atoms with E-state index in [1.165, 1.54) is 18.9 Å². The van der Waals surface area contributed by atoms with Crippen molar-refractivity contribution in [2.75, 3.05) is 14.2 Å². The molecule has 0 spiro atoms. The first-order valence-corrected chi connectivity index (χ1v) is 6.53. The van der Waals surface area contributed by atoms with Crippen LogP contribution in [0.3, 0.4) is 0 Å². The number of amides is 1. The molecule has 0 aliphatic heterocycles. The van der Waals surface area contributed by atoms with Gasteiger partial charge in [0, 0.05) is 18.0 Å². The largest absolute Gasteiger partial charge is 0.496 e. The van der Waals surface area contributed by atoms with Gasteiger partial charge in [-0.15, -0.1) is 0 Å². The fourth-order valence-electron chi connectivity index (χ4n) is 2.17. The number of aliphatic carboxylic acids is 1.